The summed E-state index contributed by atoms with van der Waals surface area (Å²) in [7, 11) is 0. The second-order valence-corrected chi connectivity index (χ2v) is 25.3. The lowest BCUT2D eigenvalue weighted by Crippen LogP contribution is -2.17. The molecule has 0 N–H and O–H groups in total. The van der Waals surface area contributed by atoms with Crippen LogP contribution in [0.4, 0.5) is 0 Å². The summed E-state index contributed by atoms with van der Waals surface area (Å²) in [6.45, 7) is 11.4. The molecule has 0 amide bonds. The maximum Gasteiger partial charge on any atom is 0.145 e. The van der Waals surface area contributed by atoms with Crippen LogP contribution in [-0.2, 0) is 0 Å². The fourth-order valence-electron chi connectivity index (χ4n) is 15.6. The van der Waals surface area contributed by atoms with Gasteiger partial charge in [-0.05, 0) is 197 Å². The van der Waals surface area contributed by atoms with Gasteiger partial charge in [0.05, 0.1) is 55.8 Å². The second kappa shape index (κ2) is 21.6. The normalized spacial score (nSPS) is 11.8. The molecule has 7 heteroatoms. The van der Waals surface area contributed by atoms with Crippen molar-refractivity contribution >= 4 is 87.5 Å². The molecule has 12 aromatic carbocycles. The molecule has 448 valence electrons. The molecule has 0 bridgehead atoms. The summed E-state index contributed by atoms with van der Waals surface area (Å²) in [5, 5.41) is 21.8. The van der Waals surface area contributed by atoms with Crippen molar-refractivity contribution in [2.75, 3.05) is 0 Å². The summed E-state index contributed by atoms with van der Waals surface area (Å²) in [6, 6.07) is 99.2. The third-order valence-corrected chi connectivity index (χ3v) is 20.5. The molecular formula is C88H61N7. The van der Waals surface area contributed by atoms with Crippen LogP contribution in [0.25, 0.3) is 166 Å². The highest BCUT2D eigenvalue weighted by Crippen LogP contribution is 2.54. The molecule has 6 aromatic heterocycles. The molecule has 0 saturated heterocycles. The maximum atomic E-state index is 13.5. The van der Waals surface area contributed by atoms with E-state index in [4.69, 9.17) is 9.97 Å². The zero-order chi connectivity index (χ0) is 63.7. The van der Waals surface area contributed by atoms with Gasteiger partial charge in [0.2, 0.25) is 0 Å². The molecule has 0 fully saturated rings. The molecule has 95 heavy (non-hydrogen) atoms. The fourth-order valence-corrected chi connectivity index (χ4v) is 15.6. The summed E-state index contributed by atoms with van der Waals surface area (Å²) in [4.78, 5) is 11.0. The number of fused-ring (bicyclic) bond motifs is 12. The van der Waals surface area contributed by atoms with E-state index in [1.54, 1.807) is 0 Å². The zero-order valence-corrected chi connectivity index (χ0v) is 53.2. The van der Waals surface area contributed by atoms with Crippen LogP contribution in [0.5, 0.6) is 0 Å². The van der Waals surface area contributed by atoms with Gasteiger partial charge < -0.3 is 9.13 Å². The first-order valence-electron chi connectivity index (χ1n) is 32.5. The van der Waals surface area contributed by atoms with Crippen molar-refractivity contribution in [3.05, 3.63) is 313 Å². The molecule has 0 aliphatic heterocycles. The van der Waals surface area contributed by atoms with Crippen LogP contribution >= 0.6 is 0 Å². The second-order valence-electron chi connectivity index (χ2n) is 25.3. The molecular weight excluding hydrogens is 1160 g/mol. The lowest BCUT2D eigenvalue weighted by molar-refractivity contribution is 1.02. The third kappa shape index (κ3) is 8.31. The number of nitrogens with zero attached hydrogens (tertiary/aromatic N) is 7. The summed E-state index contributed by atoms with van der Waals surface area (Å²) in [5.74, 6) is 0. The Kier molecular flexibility index (Phi) is 12.6. The van der Waals surface area contributed by atoms with E-state index in [1.807, 2.05) is 24.5 Å². The van der Waals surface area contributed by atoms with Crippen LogP contribution < -0.4 is 0 Å². The number of nitriles is 1. The van der Waals surface area contributed by atoms with Crippen LogP contribution in [0.3, 0.4) is 0 Å². The first-order valence-corrected chi connectivity index (χ1v) is 32.5. The van der Waals surface area contributed by atoms with Gasteiger partial charge in [-0.25, -0.2) is 9.97 Å². The Morgan fingerprint density at radius 1 is 0.253 bits per heavy atom. The van der Waals surface area contributed by atoms with E-state index in [0.717, 1.165) is 177 Å². The van der Waals surface area contributed by atoms with Gasteiger partial charge in [-0.3, -0.25) is 9.13 Å². The van der Waals surface area contributed by atoms with Crippen molar-refractivity contribution in [3.63, 3.8) is 0 Å². The van der Waals surface area contributed by atoms with E-state index in [9.17, 15) is 5.26 Å². The molecule has 0 spiro atoms. The van der Waals surface area contributed by atoms with Crippen molar-refractivity contribution in [1.29, 1.82) is 5.26 Å². The van der Waals surface area contributed by atoms with Crippen molar-refractivity contribution in [1.82, 2.24) is 28.2 Å². The van der Waals surface area contributed by atoms with Crippen molar-refractivity contribution < 1.29 is 0 Å². The van der Waals surface area contributed by atoms with Crippen LogP contribution in [-0.4, -0.2) is 28.2 Å². The fraction of sp³-hybridized carbons (Fsp3) is 0.0568. The van der Waals surface area contributed by atoms with Gasteiger partial charge >= 0.3 is 0 Å². The van der Waals surface area contributed by atoms with E-state index in [2.05, 4.69) is 314 Å². The Balaban J connectivity index is 1.15. The Morgan fingerprint density at radius 2 is 0.547 bits per heavy atom. The largest absolute Gasteiger partial charge is 0.306 e. The lowest BCUT2D eigenvalue weighted by atomic mass is 9.83. The summed E-state index contributed by atoms with van der Waals surface area (Å²) < 4.78 is 9.65. The monoisotopic (exact) mass is 1220 g/mol. The average Bonchev–Trinajstić information content (AvgIpc) is 1.61. The minimum absolute atomic E-state index is 0.467. The molecule has 0 saturated carbocycles. The highest BCUT2D eigenvalue weighted by Gasteiger charge is 2.37. The van der Waals surface area contributed by atoms with Gasteiger partial charge in [-0.1, -0.05) is 182 Å². The van der Waals surface area contributed by atoms with Gasteiger partial charge in [0.1, 0.15) is 22.9 Å². The summed E-state index contributed by atoms with van der Waals surface area (Å²) >= 11 is 0. The molecule has 18 aromatic rings. The number of benzene rings is 12. The van der Waals surface area contributed by atoms with E-state index < -0.39 is 0 Å². The molecule has 0 aliphatic carbocycles. The minimum atomic E-state index is 0.467. The number of hydrogen-bond donors (Lipinski definition) is 0. The lowest BCUT2D eigenvalue weighted by Gasteiger charge is -2.31. The van der Waals surface area contributed by atoms with Gasteiger partial charge in [0, 0.05) is 61.0 Å². The van der Waals surface area contributed by atoms with E-state index >= 15 is 0 Å². The number of aromatic nitrogens is 6. The third-order valence-electron chi connectivity index (χ3n) is 20.5. The first-order chi connectivity index (χ1) is 46.7. The molecule has 0 atom stereocenters. The summed E-state index contributed by atoms with van der Waals surface area (Å²) in [6.07, 6.45) is 3.82. The molecule has 0 aliphatic rings. The van der Waals surface area contributed by atoms with Crippen LogP contribution in [0.15, 0.2) is 279 Å². The molecule has 6 heterocycles. The van der Waals surface area contributed by atoms with Gasteiger partial charge in [-0.15, -0.1) is 0 Å². The maximum absolute atomic E-state index is 13.5. The Morgan fingerprint density at radius 3 is 0.884 bits per heavy atom. The van der Waals surface area contributed by atoms with Crippen LogP contribution in [0, 0.1) is 45.9 Å². The quantitative estimate of drug-likeness (QED) is 0.145. The van der Waals surface area contributed by atoms with Crippen molar-refractivity contribution in [2.24, 2.45) is 0 Å². The van der Waals surface area contributed by atoms with Crippen LogP contribution in [0.1, 0.15) is 33.4 Å². The number of hydrogen-bond acceptors (Lipinski definition) is 3. The first kappa shape index (κ1) is 55.5. The van der Waals surface area contributed by atoms with E-state index in [-0.39, 0.29) is 0 Å². The van der Waals surface area contributed by atoms with E-state index in [1.165, 1.54) is 16.7 Å². The molecule has 0 unspecified atom stereocenters. The average molecular weight is 1220 g/mol. The zero-order valence-electron chi connectivity index (χ0n) is 53.2. The van der Waals surface area contributed by atoms with E-state index in [0.29, 0.717) is 5.56 Å². The number of para-hydroxylation sites is 2. The highest BCUT2D eigenvalue weighted by molar-refractivity contribution is 6.18. The highest BCUT2D eigenvalue weighted by atomic mass is 15.1. The van der Waals surface area contributed by atoms with Gasteiger partial charge in [-0.2, -0.15) is 5.26 Å². The van der Waals surface area contributed by atoms with Crippen LogP contribution in [0.2, 0.25) is 0 Å². The Bertz CT molecular complexity index is 5590. The van der Waals surface area contributed by atoms with Gasteiger partial charge in [0.15, 0.2) is 0 Å². The van der Waals surface area contributed by atoms with Gasteiger partial charge in [0.25, 0.3) is 0 Å². The Hall–Kier alpha value is -12.4. The molecule has 7 nitrogen and oxygen atoms in total. The standard InChI is InChI=1S/C88H61N7/c1-53-54(2)56(4)81(57(5)55(53)3)82-85(94-75-36-20-18-32-66(75)68-34-22-46-90-87(68)94)83(92-77-42-38-62(58-24-10-6-11-25-58)48-70(77)71-49-63(39-43-78(71)92)59-26-12-7-13-27-59)74(52-89)84(86(82)95-76-37-21-19-33-67(76)69-35-23-47-91-88(69)95)93-79-44-40-64(60-28-14-8-15-29-60)50-72(79)73-51-65(41-45-80(73)93)61-30-16-9-17-31-61/h6-51H,1-5H3. The topological polar surface area (TPSA) is 69.3 Å². The Labute approximate surface area is 549 Å². The number of rotatable bonds is 9. The predicted octanol–water partition coefficient (Wildman–Crippen LogP) is 22.6. The van der Waals surface area contributed by atoms with Crippen molar-refractivity contribution in [3.8, 4) is 84.5 Å². The smallest absolute Gasteiger partial charge is 0.145 e. The molecule has 18 rings (SSSR count). The SMILES string of the molecule is Cc1c(C)c(C)c(-c2c(-n3c4ccccc4c4cccnc43)c(-n3c4ccc(-c5ccccc5)cc4c4cc(-c5ccccc5)ccc43)c(C#N)c(-n3c4ccc(-c5ccccc5)cc4c4cc(-c5ccccc5)ccc43)c2-n2c3ccccc3c3cccnc32)c(C)c1C. The molecule has 0 radical (unpaired) electrons. The van der Waals surface area contributed by atoms with Crippen molar-refractivity contribution in [2.45, 2.75) is 34.6 Å². The summed E-state index contributed by atoms with van der Waals surface area (Å²) in [5.41, 5.74) is 27.6. The minimum Gasteiger partial charge on any atom is -0.306 e. The predicted molar refractivity (Wildman–Crippen MR) is 395 cm³/mol. The number of pyridine rings is 2.